The Morgan fingerprint density at radius 2 is 2.04 bits per heavy atom. The minimum absolute atomic E-state index is 0.0426. The Morgan fingerprint density at radius 3 is 2.82 bits per heavy atom. The number of amides is 1. The Kier molecular flexibility index (Phi) is 5.81. The second-order valence-electron chi connectivity index (χ2n) is 7.41. The molecule has 0 unspecified atom stereocenters. The summed E-state index contributed by atoms with van der Waals surface area (Å²) >= 11 is 0. The minimum Gasteiger partial charge on any atom is -0.490 e. The van der Waals surface area contributed by atoms with E-state index in [1.807, 2.05) is 0 Å². The van der Waals surface area contributed by atoms with Crippen molar-refractivity contribution in [2.24, 2.45) is 0 Å². The van der Waals surface area contributed by atoms with Crippen molar-refractivity contribution < 1.29 is 13.9 Å². The number of carbonyl (C=O) groups excluding carboxylic acids is 1. The number of fused-ring (bicyclic) bond motifs is 1. The number of halogens is 1. The number of hydrogen-bond donors (Lipinski definition) is 1. The maximum absolute atomic E-state index is 13.9. The lowest BCUT2D eigenvalue weighted by Crippen LogP contribution is -2.39. The van der Waals surface area contributed by atoms with Crippen molar-refractivity contribution in [2.75, 3.05) is 25.0 Å². The minimum atomic E-state index is -0.102. The van der Waals surface area contributed by atoms with E-state index in [1.54, 1.807) is 18.3 Å². The molecule has 0 radical (unpaired) electrons. The van der Waals surface area contributed by atoms with Gasteiger partial charge < -0.3 is 15.0 Å². The molecule has 28 heavy (non-hydrogen) atoms. The summed E-state index contributed by atoms with van der Waals surface area (Å²) in [5, 5.41) is 2.78. The number of anilines is 1. The highest BCUT2D eigenvalue weighted by atomic mass is 19.1. The van der Waals surface area contributed by atoms with Gasteiger partial charge in [0, 0.05) is 37.8 Å². The van der Waals surface area contributed by atoms with Gasteiger partial charge in [-0.1, -0.05) is 0 Å². The molecule has 1 fully saturated rings. The Bertz CT molecular complexity index is 823. The zero-order valence-corrected chi connectivity index (χ0v) is 15.9. The Hall–Kier alpha value is -2.54. The van der Waals surface area contributed by atoms with Gasteiger partial charge in [0.2, 0.25) is 5.91 Å². The largest absolute Gasteiger partial charge is 0.490 e. The third kappa shape index (κ3) is 4.47. The van der Waals surface area contributed by atoms with E-state index in [0.29, 0.717) is 12.2 Å². The summed E-state index contributed by atoms with van der Waals surface area (Å²) in [4.78, 5) is 22.2. The monoisotopic (exact) mass is 384 g/mol. The number of carbonyl (C=O) groups is 1. The van der Waals surface area contributed by atoms with Gasteiger partial charge in [0.1, 0.15) is 29.8 Å². The fourth-order valence-corrected chi connectivity index (χ4v) is 4.00. The molecule has 0 saturated carbocycles. The number of nitrogens with one attached hydrogen (secondary N) is 1. The van der Waals surface area contributed by atoms with Gasteiger partial charge in [0.15, 0.2) is 0 Å². The van der Waals surface area contributed by atoms with Crippen LogP contribution >= 0.6 is 0 Å². The number of rotatable bonds is 6. The van der Waals surface area contributed by atoms with Gasteiger partial charge in [0.05, 0.1) is 0 Å². The quantitative estimate of drug-likeness (QED) is 0.829. The molecule has 6 nitrogen and oxygen atoms in total. The Morgan fingerprint density at radius 1 is 1.21 bits per heavy atom. The maximum atomic E-state index is 13.9. The molecule has 0 spiro atoms. The number of likely N-dealkylation sites (tertiary alicyclic amines) is 1. The van der Waals surface area contributed by atoms with Crippen LogP contribution in [0.25, 0.3) is 0 Å². The molecule has 1 aliphatic heterocycles. The third-order valence-corrected chi connectivity index (χ3v) is 5.52. The van der Waals surface area contributed by atoms with E-state index in [4.69, 9.17) is 4.74 Å². The highest BCUT2D eigenvalue weighted by Gasteiger charge is 2.24. The van der Waals surface area contributed by atoms with Crippen LogP contribution in [0, 0.1) is 5.82 Å². The number of piperidine rings is 1. The highest BCUT2D eigenvalue weighted by Crippen LogP contribution is 2.34. The van der Waals surface area contributed by atoms with E-state index < -0.39 is 0 Å². The molecule has 0 atom stereocenters. The fraction of sp³-hybridized carbons (Fsp3) is 0.476. The molecule has 2 heterocycles. The van der Waals surface area contributed by atoms with E-state index in [2.05, 4.69) is 20.2 Å². The fourth-order valence-electron chi connectivity index (χ4n) is 4.00. The predicted octanol–water partition coefficient (Wildman–Crippen LogP) is 2.98. The van der Waals surface area contributed by atoms with Gasteiger partial charge in [0.25, 0.3) is 0 Å². The van der Waals surface area contributed by atoms with Crippen LogP contribution < -0.4 is 10.1 Å². The van der Waals surface area contributed by atoms with Gasteiger partial charge in [-0.15, -0.1) is 0 Å². The number of ether oxygens (including phenoxy) is 1. The maximum Gasteiger partial charge on any atom is 0.226 e. The standard InChI is InChI=1S/C21H25FN4O2/c22-18-4-5-19(17-3-1-2-16(17)18)28-15-7-11-26(12-8-15)13-9-21(27)25-20-6-10-23-14-24-20/h4-6,10,14-15H,1-3,7-9,11-13H2,(H,23,24,25,27). The lowest BCUT2D eigenvalue weighted by molar-refractivity contribution is -0.116. The van der Waals surface area contributed by atoms with Crippen molar-refractivity contribution in [1.82, 2.24) is 14.9 Å². The summed E-state index contributed by atoms with van der Waals surface area (Å²) in [7, 11) is 0. The lowest BCUT2D eigenvalue weighted by Gasteiger charge is -2.32. The molecule has 1 N–H and O–H groups in total. The molecule has 1 aromatic heterocycles. The molecular weight excluding hydrogens is 359 g/mol. The second-order valence-corrected chi connectivity index (χ2v) is 7.41. The summed E-state index contributed by atoms with van der Waals surface area (Å²) < 4.78 is 20.1. The van der Waals surface area contributed by atoms with Crippen molar-refractivity contribution in [3.8, 4) is 5.75 Å². The van der Waals surface area contributed by atoms with E-state index >= 15 is 0 Å². The number of benzene rings is 1. The van der Waals surface area contributed by atoms with Crippen molar-refractivity contribution in [2.45, 2.75) is 44.6 Å². The average molecular weight is 384 g/mol. The smallest absolute Gasteiger partial charge is 0.226 e. The van der Waals surface area contributed by atoms with E-state index in [9.17, 15) is 9.18 Å². The summed E-state index contributed by atoms with van der Waals surface area (Å²) in [6.07, 6.45) is 8.15. The average Bonchev–Trinajstić information content (AvgIpc) is 3.21. The molecule has 1 amide bonds. The molecule has 2 aromatic rings. The third-order valence-electron chi connectivity index (χ3n) is 5.52. The first-order chi connectivity index (χ1) is 13.7. The van der Waals surface area contributed by atoms with Crippen LogP contribution in [-0.4, -0.2) is 46.5 Å². The van der Waals surface area contributed by atoms with Crippen LogP contribution in [0.5, 0.6) is 5.75 Å². The molecule has 2 aliphatic rings. The normalized spacial score (nSPS) is 17.3. The van der Waals surface area contributed by atoms with Crippen LogP contribution in [0.3, 0.4) is 0 Å². The van der Waals surface area contributed by atoms with Crippen molar-refractivity contribution in [3.63, 3.8) is 0 Å². The highest BCUT2D eigenvalue weighted by molar-refractivity contribution is 5.89. The number of hydrogen-bond acceptors (Lipinski definition) is 5. The topological polar surface area (TPSA) is 67.3 Å². The summed E-state index contributed by atoms with van der Waals surface area (Å²) in [5.74, 6) is 1.24. The molecule has 0 bridgehead atoms. The summed E-state index contributed by atoms with van der Waals surface area (Å²) in [5.41, 5.74) is 1.90. The van der Waals surface area contributed by atoms with Crippen LogP contribution in [0.15, 0.2) is 30.7 Å². The first-order valence-electron chi connectivity index (χ1n) is 9.94. The number of aromatic nitrogens is 2. The van der Waals surface area contributed by atoms with E-state index in [0.717, 1.165) is 68.6 Å². The molecule has 4 rings (SSSR count). The molecule has 7 heteroatoms. The van der Waals surface area contributed by atoms with Gasteiger partial charge >= 0.3 is 0 Å². The molecule has 1 aliphatic carbocycles. The molecule has 1 aromatic carbocycles. The number of nitrogens with zero attached hydrogens (tertiary/aromatic N) is 3. The Labute approximate surface area is 164 Å². The Balaban J connectivity index is 1.22. The van der Waals surface area contributed by atoms with Crippen LogP contribution in [0.1, 0.15) is 36.8 Å². The molecular formula is C21H25FN4O2. The van der Waals surface area contributed by atoms with E-state index in [1.165, 1.54) is 12.4 Å². The zero-order chi connectivity index (χ0) is 19.3. The van der Waals surface area contributed by atoms with Crippen LogP contribution in [0.2, 0.25) is 0 Å². The SMILES string of the molecule is O=C(CCN1CCC(Oc2ccc(F)c3c2CCC3)CC1)Nc1ccncn1. The first-order valence-corrected chi connectivity index (χ1v) is 9.94. The summed E-state index contributed by atoms with van der Waals surface area (Å²) in [6, 6.07) is 4.99. The second kappa shape index (κ2) is 8.65. The van der Waals surface area contributed by atoms with Gasteiger partial charge in [-0.2, -0.15) is 0 Å². The van der Waals surface area contributed by atoms with Gasteiger partial charge in [-0.3, -0.25) is 4.79 Å². The van der Waals surface area contributed by atoms with Gasteiger partial charge in [-0.25, -0.2) is 14.4 Å². The molecule has 1 saturated heterocycles. The van der Waals surface area contributed by atoms with E-state index in [-0.39, 0.29) is 17.8 Å². The van der Waals surface area contributed by atoms with Crippen LogP contribution in [-0.2, 0) is 17.6 Å². The lowest BCUT2D eigenvalue weighted by atomic mass is 10.1. The molecule has 148 valence electrons. The predicted molar refractivity (Wildman–Crippen MR) is 104 cm³/mol. The first kappa shape index (κ1) is 18.8. The summed E-state index contributed by atoms with van der Waals surface area (Å²) in [6.45, 7) is 2.51. The van der Waals surface area contributed by atoms with Crippen LogP contribution in [0.4, 0.5) is 10.2 Å². The van der Waals surface area contributed by atoms with Crippen molar-refractivity contribution >= 4 is 11.7 Å². The van der Waals surface area contributed by atoms with Gasteiger partial charge in [-0.05, 0) is 55.9 Å². The van der Waals surface area contributed by atoms with Crippen molar-refractivity contribution in [3.05, 3.63) is 47.7 Å². The van der Waals surface area contributed by atoms with Crippen molar-refractivity contribution in [1.29, 1.82) is 0 Å². The zero-order valence-electron chi connectivity index (χ0n) is 15.9.